The largest absolute Gasteiger partial charge is 0.492 e. The Kier molecular flexibility index (Phi) is 14.4. The summed E-state index contributed by atoms with van der Waals surface area (Å²) in [4.78, 5) is 13.5. The van der Waals surface area contributed by atoms with Crippen LogP contribution < -0.4 is 15.4 Å². The third-order valence-corrected chi connectivity index (χ3v) is 2.82. The fourth-order valence-corrected chi connectivity index (χ4v) is 1.58. The monoisotopic (exact) mass is 351 g/mol. The second-order valence-electron chi connectivity index (χ2n) is 4.93. The lowest BCUT2D eigenvalue weighted by Crippen LogP contribution is -2.26. The van der Waals surface area contributed by atoms with Crippen LogP contribution in [0.25, 0.3) is 0 Å². The van der Waals surface area contributed by atoms with Crippen molar-refractivity contribution in [3.05, 3.63) is 29.8 Å². The smallest absolute Gasteiger partial charge is 0.221 e. The van der Waals surface area contributed by atoms with Crippen LogP contribution in [0.3, 0.4) is 0 Å². The first-order valence-electron chi connectivity index (χ1n) is 6.89. The van der Waals surface area contributed by atoms with E-state index in [1.165, 1.54) is 0 Å². The lowest BCUT2D eigenvalue weighted by molar-refractivity contribution is -0.121. The molecule has 0 aliphatic heterocycles. The normalized spacial score (nSPS) is 9.64. The molecule has 0 aromatic heterocycles. The van der Waals surface area contributed by atoms with Gasteiger partial charge in [0.15, 0.2) is 0 Å². The lowest BCUT2D eigenvalue weighted by atomic mass is 10.2. The lowest BCUT2D eigenvalue weighted by Gasteiger charge is -2.11. The van der Waals surface area contributed by atoms with Crippen molar-refractivity contribution in [1.29, 1.82) is 0 Å². The molecule has 0 aliphatic rings. The van der Waals surface area contributed by atoms with Crippen molar-refractivity contribution in [3.63, 3.8) is 0 Å². The summed E-state index contributed by atoms with van der Waals surface area (Å²) in [5.74, 6) is 0.919. The molecule has 0 bridgehead atoms. The van der Waals surface area contributed by atoms with Crippen LogP contribution >= 0.6 is 24.8 Å². The molecule has 0 aliphatic carbocycles. The number of rotatable bonds is 9. The van der Waals surface area contributed by atoms with Gasteiger partial charge in [-0.1, -0.05) is 12.1 Å². The average Bonchev–Trinajstić information content (AvgIpc) is 2.44. The van der Waals surface area contributed by atoms with E-state index in [1.807, 2.05) is 45.4 Å². The van der Waals surface area contributed by atoms with E-state index in [1.54, 1.807) is 0 Å². The highest BCUT2D eigenvalue weighted by molar-refractivity contribution is 5.85. The molecule has 22 heavy (non-hydrogen) atoms. The van der Waals surface area contributed by atoms with Gasteiger partial charge < -0.3 is 20.3 Å². The summed E-state index contributed by atoms with van der Waals surface area (Å²) >= 11 is 0. The third-order valence-electron chi connectivity index (χ3n) is 2.82. The van der Waals surface area contributed by atoms with Gasteiger partial charge in [-0.25, -0.2) is 0 Å². The zero-order valence-electron chi connectivity index (χ0n) is 13.4. The first kappa shape index (κ1) is 23.3. The highest BCUT2D eigenvalue weighted by Gasteiger charge is 2.01. The Morgan fingerprint density at radius 1 is 1.18 bits per heavy atom. The predicted molar refractivity (Wildman–Crippen MR) is 95.4 cm³/mol. The maximum absolute atomic E-state index is 11.5. The Morgan fingerprint density at radius 3 is 2.36 bits per heavy atom. The molecule has 0 unspecified atom stereocenters. The molecule has 0 spiro atoms. The van der Waals surface area contributed by atoms with Gasteiger partial charge in [0.1, 0.15) is 12.4 Å². The molecule has 0 fully saturated rings. The van der Waals surface area contributed by atoms with E-state index in [0.29, 0.717) is 26.1 Å². The van der Waals surface area contributed by atoms with Crippen LogP contribution in [0.2, 0.25) is 0 Å². The number of amides is 1. The second-order valence-corrected chi connectivity index (χ2v) is 4.93. The Labute approximate surface area is 145 Å². The number of ether oxygens (including phenoxy) is 1. The average molecular weight is 352 g/mol. The van der Waals surface area contributed by atoms with Gasteiger partial charge in [0.25, 0.3) is 0 Å². The quantitative estimate of drug-likeness (QED) is 0.710. The molecule has 0 heterocycles. The standard InChI is InChI=1S/C15H25N3O2.2ClH/c1-16-9-8-15(19)17-12-13-4-6-14(7-5-13)20-11-10-18(2)3;;/h4-7,16H,8-12H2,1-3H3,(H,17,19);2*1H. The fourth-order valence-electron chi connectivity index (χ4n) is 1.58. The minimum Gasteiger partial charge on any atom is -0.492 e. The molecule has 0 saturated carbocycles. The van der Waals surface area contributed by atoms with Crippen molar-refractivity contribution in [1.82, 2.24) is 15.5 Å². The number of likely N-dealkylation sites (N-methyl/N-ethyl adjacent to an activating group) is 1. The van der Waals surface area contributed by atoms with Crippen LogP contribution in [0.4, 0.5) is 0 Å². The molecule has 1 rings (SSSR count). The Balaban J connectivity index is 0. The number of nitrogens with one attached hydrogen (secondary N) is 2. The van der Waals surface area contributed by atoms with Crippen molar-refractivity contribution in [3.8, 4) is 5.75 Å². The third kappa shape index (κ3) is 10.7. The van der Waals surface area contributed by atoms with Crippen molar-refractivity contribution in [2.75, 3.05) is 40.8 Å². The number of hydrogen-bond acceptors (Lipinski definition) is 4. The van der Waals surface area contributed by atoms with Crippen LogP contribution in [-0.2, 0) is 11.3 Å². The number of nitrogens with zero attached hydrogens (tertiary/aromatic N) is 1. The Morgan fingerprint density at radius 2 is 1.82 bits per heavy atom. The number of carbonyl (C=O) groups is 1. The molecule has 5 nitrogen and oxygen atoms in total. The van der Waals surface area contributed by atoms with Gasteiger partial charge in [0, 0.05) is 26.1 Å². The summed E-state index contributed by atoms with van der Waals surface area (Å²) in [6, 6.07) is 7.82. The summed E-state index contributed by atoms with van der Waals surface area (Å²) in [6.45, 7) is 2.82. The number of hydrogen-bond donors (Lipinski definition) is 2. The molecule has 1 aromatic carbocycles. The Bertz CT molecular complexity index is 400. The van der Waals surface area contributed by atoms with Crippen molar-refractivity contribution in [2.24, 2.45) is 0 Å². The van der Waals surface area contributed by atoms with Crippen LogP contribution in [0.1, 0.15) is 12.0 Å². The highest BCUT2D eigenvalue weighted by Crippen LogP contribution is 2.12. The minimum absolute atomic E-state index is 0. The molecule has 2 N–H and O–H groups in total. The summed E-state index contributed by atoms with van der Waals surface area (Å²) in [5.41, 5.74) is 1.07. The number of carbonyl (C=O) groups excluding carboxylic acids is 1. The van der Waals surface area contributed by atoms with Gasteiger partial charge in [-0.15, -0.1) is 24.8 Å². The predicted octanol–water partition coefficient (Wildman–Crippen LogP) is 1.70. The van der Waals surface area contributed by atoms with E-state index in [9.17, 15) is 4.79 Å². The second kappa shape index (κ2) is 13.6. The van der Waals surface area contributed by atoms with Gasteiger partial charge >= 0.3 is 0 Å². The van der Waals surface area contributed by atoms with E-state index >= 15 is 0 Å². The molecule has 128 valence electrons. The van der Waals surface area contributed by atoms with Crippen LogP contribution in [-0.4, -0.2) is 51.6 Å². The molecule has 1 aromatic rings. The minimum atomic E-state index is 0. The highest BCUT2D eigenvalue weighted by atomic mass is 35.5. The maximum Gasteiger partial charge on any atom is 0.221 e. The summed E-state index contributed by atoms with van der Waals surface area (Å²) in [5, 5.41) is 5.84. The van der Waals surface area contributed by atoms with Crippen LogP contribution in [0.15, 0.2) is 24.3 Å². The maximum atomic E-state index is 11.5. The number of halogens is 2. The van der Waals surface area contributed by atoms with Crippen LogP contribution in [0, 0.1) is 0 Å². The fraction of sp³-hybridized carbons (Fsp3) is 0.533. The summed E-state index contributed by atoms with van der Waals surface area (Å²) in [7, 11) is 5.87. The van der Waals surface area contributed by atoms with Crippen molar-refractivity contribution >= 4 is 30.7 Å². The summed E-state index contributed by atoms with van der Waals surface area (Å²) in [6.07, 6.45) is 0.502. The summed E-state index contributed by atoms with van der Waals surface area (Å²) < 4.78 is 5.61. The van der Waals surface area contributed by atoms with Crippen molar-refractivity contribution < 1.29 is 9.53 Å². The van der Waals surface area contributed by atoms with Crippen LogP contribution in [0.5, 0.6) is 5.75 Å². The number of benzene rings is 1. The molecule has 1 amide bonds. The molecule has 7 heteroatoms. The molecule has 0 atom stereocenters. The SMILES string of the molecule is CNCCC(=O)NCc1ccc(OCCN(C)C)cc1.Cl.Cl. The van der Waals surface area contributed by atoms with Gasteiger partial charge in [0.2, 0.25) is 5.91 Å². The van der Waals surface area contributed by atoms with E-state index < -0.39 is 0 Å². The molecule has 0 radical (unpaired) electrons. The van der Waals surface area contributed by atoms with E-state index in [2.05, 4.69) is 15.5 Å². The molecule has 0 saturated heterocycles. The van der Waals surface area contributed by atoms with Gasteiger partial charge in [-0.2, -0.15) is 0 Å². The van der Waals surface area contributed by atoms with Gasteiger partial charge in [0.05, 0.1) is 0 Å². The molecular formula is C15H27Cl2N3O2. The van der Waals surface area contributed by atoms with E-state index in [-0.39, 0.29) is 30.7 Å². The van der Waals surface area contributed by atoms with E-state index in [0.717, 1.165) is 17.9 Å². The van der Waals surface area contributed by atoms with Gasteiger partial charge in [-0.3, -0.25) is 4.79 Å². The zero-order chi connectivity index (χ0) is 14.8. The van der Waals surface area contributed by atoms with Crippen molar-refractivity contribution in [2.45, 2.75) is 13.0 Å². The first-order chi connectivity index (χ1) is 9.61. The zero-order valence-corrected chi connectivity index (χ0v) is 15.1. The van der Waals surface area contributed by atoms with E-state index in [4.69, 9.17) is 4.74 Å². The van der Waals surface area contributed by atoms with Gasteiger partial charge in [-0.05, 0) is 38.8 Å². The topological polar surface area (TPSA) is 53.6 Å². The Hall–Kier alpha value is -1.01. The molecular weight excluding hydrogens is 325 g/mol. The first-order valence-corrected chi connectivity index (χ1v) is 6.89.